The maximum Gasteiger partial charge on any atom is 0.415 e. The van der Waals surface area contributed by atoms with Gasteiger partial charge in [0.2, 0.25) is 0 Å². The van der Waals surface area contributed by atoms with E-state index in [2.05, 4.69) is 22.4 Å². The fourth-order valence-electron chi connectivity index (χ4n) is 4.74. The lowest BCUT2D eigenvalue weighted by atomic mass is 9.85. The van der Waals surface area contributed by atoms with Gasteiger partial charge < -0.3 is 15.0 Å². The van der Waals surface area contributed by atoms with E-state index in [1.54, 1.807) is 29.4 Å². The van der Waals surface area contributed by atoms with E-state index in [4.69, 9.17) is 27.9 Å². The Hall–Kier alpha value is -2.76. The smallest absolute Gasteiger partial charge is 0.409 e. The van der Waals surface area contributed by atoms with Crippen molar-refractivity contribution in [3.63, 3.8) is 0 Å². The summed E-state index contributed by atoms with van der Waals surface area (Å²) in [5.74, 6) is 0.457. The number of pyridine rings is 1. The molecule has 0 spiro atoms. The molecule has 164 valence electrons. The average Bonchev–Trinajstić information content (AvgIpc) is 2.97. The van der Waals surface area contributed by atoms with Gasteiger partial charge in [0, 0.05) is 29.3 Å². The zero-order chi connectivity index (χ0) is 22.1. The van der Waals surface area contributed by atoms with Crippen LogP contribution in [-0.4, -0.2) is 35.1 Å². The molecule has 1 unspecified atom stereocenters. The summed E-state index contributed by atoms with van der Waals surface area (Å²) in [6, 6.07) is 9.67. The lowest BCUT2D eigenvalue weighted by Gasteiger charge is -2.33. The van der Waals surface area contributed by atoms with E-state index in [9.17, 15) is 4.79 Å². The normalized spacial score (nSPS) is 20.3. The number of aromatic nitrogens is 1. The van der Waals surface area contributed by atoms with Crippen LogP contribution >= 0.6 is 23.2 Å². The van der Waals surface area contributed by atoms with Crippen LogP contribution in [0.5, 0.6) is 5.75 Å². The van der Waals surface area contributed by atoms with E-state index in [1.807, 2.05) is 18.3 Å². The van der Waals surface area contributed by atoms with Crippen LogP contribution in [0.4, 0.5) is 4.79 Å². The Balaban J connectivity index is 1.44. The molecule has 0 saturated carbocycles. The molecule has 0 bridgehead atoms. The summed E-state index contributed by atoms with van der Waals surface area (Å²) in [7, 11) is 0. The van der Waals surface area contributed by atoms with Crippen molar-refractivity contribution >= 4 is 34.9 Å². The first-order valence-electron chi connectivity index (χ1n) is 10.8. The van der Waals surface area contributed by atoms with Crippen LogP contribution in [0.3, 0.4) is 0 Å². The Morgan fingerprint density at radius 3 is 2.75 bits per heavy atom. The largest absolute Gasteiger partial charge is 0.415 e. The zero-order valence-electron chi connectivity index (χ0n) is 17.5. The van der Waals surface area contributed by atoms with Crippen molar-refractivity contribution in [2.75, 3.05) is 13.1 Å². The molecule has 1 saturated heterocycles. The fraction of sp³-hybridized carbons (Fsp3) is 0.280. The molecule has 3 heterocycles. The number of ether oxygens (including phenoxy) is 1. The van der Waals surface area contributed by atoms with Gasteiger partial charge in [0.15, 0.2) is 5.75 Å². The van der Waals surface area contributed by atoms with Gasteiger partial charge >= 0.3 is 6.09 Å². The molecule has 2 aliphatic heterocycles. The monoisotopic (exact) mass is 467 g/mol. The predicted octanol–water partition coefficient (Wildman–Crippen LogP) is 5.71. The quantitative estimate of drug-likeness (QED) is 0.583. The third kappa shape index (κ3) is 4.15. The number of likely N-dealkylation sites (tertiary alicyclic amines) is 1. The van der Waals surface area contributed by atoms with Crippen molar-refractivity contribution in [2.45, 2.75) is 31.7 Å². The second kappa shape index (κ2) is 9.00. The number of fused-ring (bicyclic) bond motifs is 2. The minimum Gasteiger partial charge on any atom is -0.409 e. The summed E-state index contributed by atoms with van der Waals surface area (Å²) < 4.78 is 5.47. The maximum atomic E-state index is 12.6. The van der Waals surface area contributed by atoms with Crippen molar-refractivity contribution in [1.29, 1.82) is 0 Å². The van der Waals surface area contributed by atoms with Gasteiger partial charge in [0.25, 0.3) is 0 Å². The number of halogens is 2. The van der Waals surface area contributed by atoms with Gasteiger partial charge in [0.1, 0.15) is 0 Å². The van der Waals surface area contributed by atoms with Gasteiger partial charge in [-0.15, -0.1) is 0 Å². The summed E-state index contributed by atoms with van der Waals surface area (Å²) in [4.78, 5) is 18.4. The molecule has 2 aromatic rings. The van der Waals surface area contributed by atoms with Crippen molar-refractivity contribution < 1.29 is 9.53 Å². The van der Waals surface area contributed by atoms with Gasteiger partial charge in [-0.25, -0.2) is 4.79 Å². The molecule has 0 radical (unpaired) electrons. The first-order chi connectivity index (χ1) is 15.6. The van der Waals surface area contributed by atoms with Gasteiger partial charge in [0.05, 0.1) is 12.2 Å². The molecule has 1 atom stereocenters. The number of rotatable bonds is 1. The van der Waals surface area contributed by atoms with Gasteiger partial charge in [-0.2, -0.15) is 0 Å². The first kappa shape index (κ1) is 21.1. The number of benzene rings is 1. The number of nitrogens with zero attached hydrogens (tertiary/aromatic N) is 2. The number of dihydropyridines is 1. The molecule has 5 nitrogen and oxygen atoms in total. The lowest BCUT2D eigenvalue weighted by molar-refractivity contribution is 0.148. The number of allylic oxidation sites excluding steroid dienone is 2. The Kier molecular flexibility index (Phi) is 5.94. The minimum atomic E-state index is -0.336. The number of piperidine rings is 1. The molecule has 32 heavy (non-hydrogen) atoms. The van der Waals surface area contributed by atoms with Crippen LogP contribution in [0, 0.1) is 0 Å². The van der Waals surface area contributed by atoms with E-state index in [1.165, 1.54) is 27.8 Å². The van der Waals surface area contributed by atoms with Crippen molar-refractivity contribution in [2.24, 2.45) is 0 Å². The highest BCUT2D eigenvalue weighted by Crippen LogP contribution is 2.41. The second-order valence-electron chi connectivity index (χ2n) is 8.17. The summed E-state index contributed by atoms with van der Waals surface area (Å²) in [5.41, 5.74) is 6.29. The molecular formula is C25H23Cl2N3O2. The Labute approximate surface area is 197 Å². The van der Waals surface area contributed by atoms with Crippen molar-refractivity contribution in [3.8, 4) is 5.75 Å². The predicted molar refractivity (Wildman–Crippen MR) is 127 cm³/mol. The second-order valence-corrected chi connectivity index (χ2v) is 9.01. The molecule has 1 aliphatic carbocycles. The number of carbonyl (C=O) groups excluding carboxylic acids is 1. The van der Waals surface area contributed by atoms with E-state index in [0.29, 0.717) is 18.8 Å². The van der Waals surface area contributed by atoms with Crippen LogP contribution < -0.4 is 10.1 Å². The van der Waals surface area contributed by atoms with Gasteiger partial charge in [-0.1, -0.05) is 34.8 Å². The first-order valence-corrected chi connectivity index (χ1v) is 11.5. The SMILES string of the molecule is O=C(Oc1cccnc1)N1CCC(=C2c3ccc(Cl)cc3CCC3=C(Cl)C=CNC32)CC1. The van der Waals surface area contributed by atoms with E-state index >= 15 is 0 Å². The Morgan fingerprint density at radius 2 is 1.97 bits per heavy atom. The molecule has 1 aromatic carbocycles. The van der Waals surface area contributed by atoms with E-state index < -0.39 is 0 Å². The highest BCUT2D eigenvalue weighted by atomic mass is 35.5. The van der Waals surface area contributed by atoms with Crippen molar-refractivity contribution in [1.82, 2.24) is 15.2 Å². The van der Waals surface area contributed by atoms with Crippen LogP contribution in [0.25, 0.3) is 5.57 Å². The number of aryl methyl sites for hydroxylation is 1. The lowest BCUT2D eigenvalue weighted by Crippen LogP contribution is -2.39. The summed E-state index contributed by atoms with van der Waals surface area (Å²) in [5, 5.41) is 5.09. The summed E-state index contributed by atoms with van der Waals surface area (Å²) >= 11 is 12.9. The molecule has 7 heteroatoms. The molecule has 1 amide bonds. The molecule has 5 rings (SSSR count). The minimum absolute atomic E-state index is 0.0406. The standard InChI is InChI=1S/C25H23Cl2N3O2/c26-18-4-6-20-17(14-18)3-5-21-22(27)7-11-29-24(21)23(20)16-8-12-30(13-9-16)25(31)32-19-2-1-10-28-15-19/h1-2,4,6-7,10-11,14-15,24,29H,3,5,8-9,12-13H2. The van der Waals surface area contributed by atoms with Crippen LogP contribution in [0.15, 0.2) is 71.2 Å². The Morgan fingerprint density at radius 1 is 1.12 bits per heavy atom. The number of hydrogen-bond donors (Lipinski definition) is 1. The summed E-state index contributed by atoms with van der Waals surface area (Å²) in [6.45, 7) is 1.21. The zero-order valence-corrected chi connectivity index (χ0v) is 19.0. The van der Waals surface area contributed by atoms with E-state index in [-0.39, 0.29) is 12.1 Å². The van der Waals surface area contributed by atoms with Crippen LogP contribution in [0.2, 0.25) is 5.02 Å². The number of amides is 1. The van der Waals surface area contributed by atoms with Gasteiger partial charge in [-0.3, -0.25) is 4.98 Å². The highest BCUT2D eigenvalue weighted by molar-refractivity contribution is 6.32. The highest BCUT2D eigenvalue weighted by Gasteiger charge is 2.32. The molecule has 1 aromatic heterocycles. The third-order valence-corrected chi connectivity index (χ3v) is 6.91. The van der Waals surface area contributed by atoms with Crippen molar-refractivity contribution in [3.05, 3.63) is 87.3 Å². The molecule has 1 N–H and O–H groups in total. The van der Waals surface area contributed by atoms with Crippen LogP contribution in [-0.2, 0) is 6.42 Å². The maximum absolute atomic E-state index is 12.6. The number of hydrogen-bond acceptors (Lipinski definition) is 4. The number of nitrogens with one attached hydrogen (secondary N) is 1. The van der Waals surface area contributed by atoms with Gasteiger partial charge in [-0.05, 0) is 84.5 Å². The fourth-order valence-corrected chi connectivity index (χ4v) is 5.20. The molecule has 3 aliphatic rings. The Bertz CT molecular complexity index is 1130. The number of carbonyl (C=O) groups is 1. The molecular weight excluding hydrogens is 445 g/mol. The summed E-state index contributed by atoms with van der Waals surface area (Å²) in [6.07, 6.45) is 10.1. The average molecular weight is 468 g/mol. The molecule has 1 fully saturated rings. The topological polar surface area (TPSA) is 54.5 Å². The third-order valence-electron chi connectivity index (χ3n) is 6.30. The van der Waals surface area contributed by atoms with E-state index in [0.717, 1.165) is 35.7 Å². The van der Waals surface area contributed by atoms with Crippen LogP contribution in [0.1, 0.15) is 30.4 Å².